The van der Waals surface area contributed by atoms with E-state index >= 15 is 0 Å². The minimum Gasteiger partial charge on any atom is -0.166 e. The van der Waals surface area contributed by atoms with Gasteiger partial charge in [-0.3, -0.25) is 0 Å². The van der Waals surface area contributed by atoms with Crippen LogP contribution < -0.4 is 0 Å². The van der Waals surface area contributed by atoms with E-state index in [0.29, 0.717) is 6.42 Å². The van der Waals surface area contributed by atoms with Crippen LogP contribution in [0.15, 0.2) is 35.5 Å². The van der Waals surface area contributed by atoms with Gasteiger partial charge in [0.05, 0.1) is 5.57 Å². The van der Waals surface area contributed by atoms with E-state index in [2.05, 4.69) is 0 Å². The van der Waals surface area contributed by atoms with E-state index in [4.69, 9.17) is 0 Å². The van der Waals surface area contributed by atoms with Crippen LogP contribution in [0.1, 0.15) is 13.3 Å². The summed E-state index contributed by atoms with van der Waals surface area (Å²) in [5.74, 6) is 0. The molecule has 0 saturated heterocycles. The number of hydrogen-bond donors (Lipinski definition) is 0. The van der Waals surface area contributed by atoms with Gasteiger partial charge in [0.1, 0.15) is 0 Å². The average Bonchev–Trinajstić information content (AvgIpc) is 2.03. The molecule has 1 aliphatic rings. The van der Waals surface area contributed by atoms with Gasteiger partial charge in [0, 0.05) is 0 Å². The van der Waals surface area contributed by atoms with Gasteiger partial charge in [-0.15, -0.1) is 0 Å². The van der Waals surface area contributed by atoms with E-state index in [1.165, 1.54) is 12.2 Å². The van der Waals surface area contributed by atoms with E-state index in [1.54, 1.807) is 6.08 Å². The van der Waals surface area contributed by atoms with Gasteiger partial charge in [0.25, 0.3) is 0 Å². The Balaban J connectivity index is 2.78. The monoisotopic (exact) mass is 174 g/mol. The molecular weight excluding hydrogens is 165 g/mol. The van der Waals surface area contributed by atoms with Crippen LogP contribution in [-0.4, -0.2) is 6.18 Å². The molecular formula is C9H9F3. The summed E-state index contributed by atoms with van der Waals surface area (Å²) in [6.45, 7) is 1.81. The molecule has 0 atom stereocenters. The van der Waals surface area contributed by atoms with Crippen LogP contribution >= 0.6 is 0 Å². The summed E-state index contributed by atoms with van der Waals surface area (Å²) in [5, 5.41) is 0. The SMILES string of the molecule is C/C=C1/C=CC(C(F)(F)F)=CC1. The first-order valence-corrected chi connectivity index (χ1v) is 3.64. The minimum absolute atomic E-state index is 0.377. The average molecular weight is 174 g/mol. The zero-order valence-electron chi connectivity index (χ0n) is 6.65. The van der Waals surface area contributed by atoms with Gasteiger partial charge in [-0.1, -0.05) is 24.3 Å². The van der Waals surface area contributed by atoms with Crippen molar-refractivity contribution in [2.75, 3.05) is 0 Å². The molecule has 0 heterocycles. The fourth-order valence-electron chi connectivity index (χ4n) is 0.985. The van der Waals surface area contributed by atoms with E-state index in [-0.39, 0.29) is 0 Å². The third-order valence-corrected chi connectivity index (χ3v) is 1.73. The highest BCUT2D eigenvalue weighted by Gasteiger charge is 2.32. The lowest BCUT2D eigenvalue weighted by atomic mass is 10.0. The number of hydrogen-bond acceptors (Lipinski definition) is 0. The first-order chi connectivity index (χ1) is 5.54. The third-order valence-electron chi connectivity index (χ3n) is 1.73. The Kier molecular flexibility index (Phi) is 2.40. The second-order valence-electron chi connectivity index (χ2n) is 2.56. The van der Waals surface area contributed by atoms with Crippen LogP contribution in [0.2, 0.25) is 0 Å². The lowest BCUT2D eigenvalue weighted by Crippen LogP contribution is -2.11. The lowest BCUT2D eigenvalue weighted by Gasteiger charge is -2.11. The summed E-state index contributed by atoms with van der Waals surface area (Å²) < 4.78 is 36.1. The van der Waals surface area contributed by atoms with Gasteiger partial charge in [0.15, 0.2) is 0 Å². The van der Waals surface area contributed by atoms with Crippen molar-refractivity contribution in [3.05, 3.63) is 35.5 Å². The summed E-state index contributed by atoms with van der Waals surface area (Å²) >= 11 is 0. The number of rotatable bonds is 0. The van der Waals surface area contributed by atoms with Gasteiger partial charge in [0.2, 0.25) is 0 Å². The molecule has 1 rings (SSSR count). The van der Waals surface area contributed by atoms with Crippen LogP contribution in [-0.2, 0) is 0 Å². The van der Waals surface area contributed by atoms with E-state index in [1.807, 2.05) is 6.92 Å². The van der Waals surface area contributed by atoms with Crippen molar-refractivity contribution in [3.8, 4) is 0 Å². The first kappa shape index (κ1) is 9.10. The molecule has 0 aromatic rings. The van der Waals surface area contributed by atoms with Crippen LogP contribution in [0.3, 0.4) is 0 Å². The minimum atomic E-state index is -4.20. The fraction of sp³-hybridized carbons (Fsp3) is 0.333. The van der Waals surface area contributed by atoms with Crippen molar-refractivity contribution < 1.29 is 13.2 Å². The van der Waals surface area contributed by atoms with Gasteiger partial charge in [-0.25, -0.2) is 0 Å². The Morgan fingerprint density at radius 1 is 1.33 bits per heavy atom. The Hall–Kier alpha value is -0.990. The van der Waals surface area contributed by atoms with Crippen molar-refractivity contribution in [1.82, 2.24) is 0 Å². The van der Waals surface area contributed by atoms with Crippen LogP contribution in [0.5, 0.6) is 0 Å². The summed E-state index contributed by atoms with van der Waals surface area (Å²) in [5.41, 5.74) is 0.371. The van der Waals surface area contributed by atoms with Crippen molar-refractivity contribution >= 4 is 0 Å². The van der Waals surface area contributed by atoms with E-state index in [9.17, 15) is 13.2 Å². The first-order valence-electron chi connectivity index (χ1n) is 3.64. The molecule has 0 bridgehead atoms. The predicted octanol–water partition coefficient (Wildman–Crippen LogP) is 3.38. The maximum atomic E-state index is 12.0. The summed E-state index contributed by atoms with van der Waals surface area (Å²) in [7, 11) is 0. The van der Waals surface area contributed by atoms with Crippen molar-refractivity contribution in [3.63, 3.8) is 0 Å². The maximum absolute atomic E-state index is 12.0. The topological polar surface area (TPSA) is 0 Å². The lowest BCUT2D eigenvalue weighted by molar-refractivity contribution is -0.0885. The quantitative estimate of drug-likeness (QED) is 0.528. The standard InChI is InChI=1S/C9H9F3/c1-2-7-3-5-8(6-4-7)9(10,11)12/h2-3,5-6H,4H2,1H3/b7-2-. The second kappa shape index (κ2) is 3.17. The molecule has 0 nitrogen and oxygen atoms in total. The molecule has 0 unspecified atom stereocenters. The van der Waals surface area contributed by atoms with E-state index < -0.39 is 11.7 Å². The molecule has 12 heavy (non-hydrogen) atoms. The third kappa shape index (κ3) is 2.00. The summed E-state index contributed by atoms with van der Waals surface area (Å²) in [4.78, 5) is 0. The van der Waals surface area contributed by atoms with Gasteiger partial charge >= 0.3 is 6.18 Å². The molecule has 3 heteroatoms. The molecule has 0 fully saturated rings. The normalized spacial score (nSPS) is 21.3. The van der Waals surface area contributed by atoms with Crippen molar-refractivity contribution in [2.45, 2.75) is 19.5 Å². The molecule has 0 N–H and O–H groups in total. The van der Waals surface area contributed by atoms with Crippen LogP contribution in [0.25, 0.3) is 0 Å². The highest BCUT2D eigenvalue weighted by molar-refractivity contribution is 5.37. The molecule has 0 aromatic heterocycles. The Bertz CT molecular complexity index is 253. The second-order valence-corrected chi connectivity index (χ2v) is 2.56. The summed E-state index contributed by atoms with van der Waals surface area (Å²) in [6.07, 6.45) is 1.80. The number of allylic oxidation sites excluding steroid dienone is 6. The molecule has 0 aromatic carbocycles. The fourth-order valence-corrected chi connectivity index (χ4v) is 0.985. The van der Waals surface area contributed by atoms with Gasteiger partial charge in [-0.05, 0) is 18.9 Å². The Morgan fingerprint density at radius 3 is 2.33 bits per heavy atom. The molecule has 0 saturated carbocycles. The Labute approximate surface area is 69.1 Å². The zero-order chi connectivity index (χ0) is 9.19. The molecule has 0 amide bonds. The highest BCUT2D eigenvalue weighted by atomic mass is 19.4. The molecule has 0 spiro atoms. The van der Waals surface area contributed by atoms with Crippen molar-refractivity contribution in [2.24, 2.45) is 0 Å². The van der Waals surface area contributed by atoms with Crippen LogP contribution in [0.4, 0.5) is 13.2 Å². The Morgan fingerprint density at radius 2 is 2.00 bits per heavy atom. The molecule has 1 aliphatic carbocycles. The zero-order valence-corrected chi connectivity index (χ0v) is 6.65. The molecule has 66 valence electrons. The molecule has 0 radical (unpaired) electrons. The predicted molar refractivity (Wildman–Crippen MR) is 41.7 cm³/mol. The number of alkyl halides is 3. The largest absolute Gasteiger partial charge is 0.416 e. The highest BCUT2D eigenvalue weighted by Crippen LogP contribution is 2.30. The maximum Gasteiger partial charge on any atom is 0.416 e. The molecule has 0 aliphatic heterocycles. The summed E-state index contributed by atoms with van der Waals surface area (Å²) in [6, 6.07) is 0. The van der Waals surface area contributed by atoms with Gasteiger partial charge in [-0.2, -0.15) is 13.2 Å². The van der Waals surface area contributed by atoms with Crippen LogP contribution in [0, 0.1) is 0 Å². The smallest absolute Gasteiger partial charge is 0.166 e. The van der Waals surface area contributed by atoms with E-state index in [0.717, 1.165) is 11.6 Å². The van der Waals surface area contributed by atoms with Crippen molar-refractivity contribution in [1.29, 1.82) is 0 Å². The van der Waals surface area contributed by atoms with Gasteiger partial charge < -0.3 is 0 Å². The number of halogens is 3.